The summed E-state index contributed by atoms with van der Waals surface area (Å²) < 4.78 is 0. The van der Waals surface area contributed by atoms with Gasteiger partial charge in [-0.25, -0.2) is 5.90 Å². The first-order valence-electron chi connectivity index (χ1n) is 9.27. The summed E-state index contributed by atoms with van der Waals surface area (Å²) in [5, 5.41) is 0. The molecule has 0 fully saturated rings. The van der Waals surface area contributed by atoms with Crippen LogP contribution in [-0.2, 0) is 4.84 Å². The SMILES string of the molecule is CC/C=C\C(=C(/C)C(C)CC)c1ccc2c(c1)C(CON)=CCN2C. The molecule has 0 saturated heterocycles. The summed E-state index contributed by atoms with van der Waals surface area (Å²) in [6.07, 6.45) is 8.91. The number of nitrogens with two attached hydrogens (primary N) is 1. The highest BCUT2D eigenvalue weighted by atomic mass is 16.6. The van der Waals surface area contributed by atoms with Crippen LogP contribution in [0.5, 0.6) is 0 Å². The third-order valence-electron chi connectivity index (χ3n) is 5.21. The Morgan fingerprint density at radius 1 is 1.36 bits per heavy atom. The van der Waals surface area contributed by atoms with E-state index in [1.54, 1.807) is 0 Å². The second kappa shape index (κ2) is 9.02. The van der Waals surface area contributed by atoms with Crippen LogP contribution in [0, 0.1) is 5.92 Å². The normalized spacial score (nSPS) is 16.6. The maximum atomic E-state index is 5.35. The van der Waals surface area contributed by atoms with Crippen LogP contribution in [0.4, 0.5) is 5.69 Å². The number of allylic oxidation sites excluding steroid dienone is 4. The Labute approximate surface area is 152 Å². The molecule has 1 aliphatic heterocycles. The van der Waals surface area contributed by atoms with E-state index in [2.05, 4.69) is 76.1 Å². The molecule has 0 aliphatic carbocycles. The number of hydrogen-bond acceptors (Lipinski definition) is 3. The molecule has 2 rings (SSSR count). The van der Waals surface area contributed by atoms with E-state index in [9.17, 15) is 0 Å². The molecule has 1 aromatic carbocycles. The Morgan fingerprint density at radius 3 is 2.76 bits per heavy atom. The van der Waals surface area contributed by atoms with Gasteiger partial charge in [0, 0.05) is 24.8 Å². The smallest absolute Gasteiger partial charge is 0.0934 e. The van der Waals surface area contributed by atoms with Gasteiger partial charge in [0.15, 0.2) is 0 Å². The van der Waals surface area contributed by atoms with Crippen molar-refractivity contribution in [2.24, 2.45) is 11.8 Å². The molecule has 0 amide bonds. The van der Waals surface area contributed by atoms with E-state index < -0.39 is 0 Å². The molecule has 0 spiro atoms. The van der Waals surface area contributed by atoms with Crippen LogP contribution in [0.3, 0.4) is 0 Å². The summed E-state index contributed by atoms with van der Waals surface area (Å²) in [6, 6.07) is 6.75. The van der Waals surface area contributed by atoms with Gasteiger partial charge in [-0.1, -0.05) is 50.6 Å². The molecule has 25 heavy (non-hydrogen) atoms. The van der Waals surface area contributed by atoms with E-state index in [0.29, 0.717) is 12.5 Å². The molecule has 1 aliphatic rings. The Balaban J connectivity index is 2.56. The zero-order valence-electron chi connectivity index (χ0n) is 16.3. The minimum absolute atomic E-state index is 0.443. The van der Waals surface area contributed by atoms with Crippen molar-refractivity contribution in [3.05, 3.63) is 53.1 Å². The lowest BCUT2D eigenvalue weighted by molar-refractivity contribution is 0.173. The van der Waals surface area contributed by atoms with Crippen molar-refractivity contribution in [1.82, 2.24) is 0 Å². The highest BCUT2D eigenvalue weighted by Gasteiger charge is 2.18. The highest BCUT2D eigenvalue weighted by Crippen LogP contribution is 2.35. The van der Waals surface area contributed by atoms with Crippen LogP contribution in [0.1, 0.15) is 51.7 Å². The van der Waals surface area contributed by atoms with E-state index in [1.807, 2.05) is 0 Å². The zero-order valence-corrected chi connectivity index (χ0v) is 16.3. The largest absolute Gasteiger partial charge is 0.370 e. The Morgan fingerprint density at radius 2 is 2.12 bits per heavy atom. The highest BCUT2D eigenvalue weighted by molar-refractivity contribution is 5.85. The number of rotatable bonds is 7. The standard InChI is InChI=1S/C22H32N2O/c1-6-8-9-20(17(4)16(3)7-2)18-10-11-22-21(14-18)19(15-25-23)12-13-24(22)5/h8-12,14,16H,6-7,13,15,23H2,1-5H3/b9-8-,20-17-. The van der Waals surface area contributed by atoms with Gasteiger partial charge in [-0.05, 0) is 54.5 Å². The van der Waals surface area contributed by atoms with Crippen molar-refractivity contribution in [3.8, 4) is 0 Å². The first kappa shape index (κ1) is 19.5. The van der Waals surface area contributed by atoms with E-state index in [4.69, 9.17) is 10.7 Å². The first-order chi connectivity index (χ1) is 12.0. The third-order valence-corrected chi connectivity index (χ3v) is 5.21. The van der Waals surface area contributed by atoms with Crippen LogP contribution in [-0.4, -0.2) is 20.2 Å². The van der Waals surface area contributed by atoms with Crippen molar-refractivity contribution < 1.29 is 4.84 Å². The molecule has 1 aromatic rings. The monoisotopic (exact) mass is 340 g/mol. The van der Waals surface area contributed by atoms with E-state index >= 15 is 0 Å². The molecule has 2 N–H and O–H groups in total. The number of likely N-dealkylation sites (N-methyl/N-ethyl adjacent to an activating group) is 1. The van der Waals surface area contributed by atoms with Crippen molar-refractivity contribution in [2.45, 2.75) is 40.5 Å². The third kappa shape index (κ3) is 4.42. The molecular weight excluding hydrogens is 308 g/mol. The predicted molar refractivity (Wildman–Crippen MR) is 109 cm³/mol. The van der Waals surface area contributed by atoms with E-state index in [1.165, 1.54) is 28.0 Å². The van der Waals surface area contributed by atoms with Gasteiger partial charge in [-0.3, -0.25) is 4.84 Å². The lowest BCUT2D eigenvalue weighted by Gasteiger charge is -2.28. The first-order valence-corrected chi connectivity index (χ1v) is 9.27. The minimum atomic E-state index is 0.443. The number of hydrogen-bond donors (Lipinski definition) is 1. The maximum absolute atomic E-state index is 5.35. The van der Waals surface area contributed by atoms with Crippen LogP contribution in [0.15, 0.2) is 42.0 Å². The Hall–Kier alpha value is -1.84. The lowest BCUT2D eigenvalue weighted by atomic mass is 9.88. The quantitative estimate of drug-likeness (QED) is 0.548. The van der Waals surface area contributed by atoms with Gasteiger partial charge in [-0.15, -0.1) is 0 Å². The van der Waals surface area contributed by atoms with Gasteiger partial charge in [0.25, 0.3) is 0 Å². The fourth-order valence-electron chi connectivity index (χ4n) is 3.24. The Bertz CT molecular complexity index is 685. The van der Waals surface area contributed by atoms with Gasteiger partial charge < -0.3 is 4.90 Å². The molecule has 1 heterocycles. The van der Waals surface area contributed by atoms with Gasteiger partial charge in [0.05, 0.1) is 6.61 Å². The Kier molecular flexibility index (Phi) is 7.03. The van der Waals surface area contributed by atoms with E-state index in [0.717, 1.165) is 25.0 Å². The van der Waals surface area contributed by atoms with Crippen LogP contribution in [0.25, 0.3) is 11.1 Å². The molecule has 0 radical (unpaired) electrons. The summed E-state index contributed by atoms with van der Waals surface area (Å²) >= 11 is 0. The predicted octanol–water partition coefficient (Wildman–Crippen LogP) is 5.20. The second-order valence-corrected chi connectivity index (χ2v) is 6.87. The van der Waals surface area contributed by atoms with Crippen LogP contribution < -0.4 is 10.8 Å². The van der Waals surface area contributed by atoms with Gasteiger partial charge in [0.2, 0.25) is 0 Å². The molecule has 136 valence electrons. The fourth-order valence-corrected chi connectivity index (χ4v) is 3.24. The average Bonchev–Trinajstić information content (AvgIpc) is 2.63. The molecule has 1 atom stereocenters. The molecule has 3 nitrogen and oxygen atoms in total. The lowest BCUT2D eigenvalue weighted by Crippen LogP contribution is -2.23. The summed E-state index contributed by atoms with van der Waals surface area (Å²) in [5.74, 6) is 5.91. The number of anilines is 1. The minimum Gasteiger partial charge on any atom is -0.370 e. The number of nitrogens with zero attached hydrogens (tertiary/aromatic N) is 1. The average molecular weight is 341 g/mol. The van der Waals surface area contributed by atoms with Crippen LogP contribution >= 0.6 is 0 Å². The summed E-state index contributed by atoms with van der Waals surface area (Å²) in [7, 11) is 2.12. The molecular formula is C22H32N2O. The van der Waals surface area contributed by atoms with E-state index in [-0.39, 0.29) is 0 Å². The van der Waals surface area contributed by atoms with Crippen molar-refractivity contribution in [2.75, 3.05) is 25.1 Å². The number of benzene rings is 1. The maximum Gasteiger partial charge on any atom is 0.0934 e. The van der Waals surface area contributed by atoms with Crippen LogP contribution in [0.2, 0.25) is 0 Å². The van der Waals surface area contributed by atoms with Crippen molar-refractivity contribution in [3.63, 3.8) is 0 Å². The molecule has 3 heteroatoms. The second-order valence-electron chi connectivity index (χ2n) is 6.87. The number of fused-ring (bicyclic) bond motifs is 1. The molecule has 1 unspecified atom stereocenters. The van der Waals surface area contributed by atoms with Gasteiger partial charge in [-0.2, -0.15) is 0 Å². The summed E-state index contributed by atoms with van der Waals surface area (Å²) in [6.45, 7) is 10.3. The van der Waals surface area contributed by atoms with Gasteiger partial charge >= 0.3 is 0 Å². The summed E-state index contributed by atoms with van der Waals surface area (Å²) in [5.41, 5.74) is 7.66. The fraction of sp³-hybridized carbons (Fsp3) is 0.455. The molecule has 0 aromatic heterocycles. The van der Waals surface area contributed by atoms with Crippen molar-refractivity contribution >= 4 is 16.8 Å². The topological polar surface area (TPSA) is 38.5 Å². The molecule has 0 bridgehead atoms. The molecule has 0 saturated carbocycles. The van der Waals surface area contributed by atoms with Gasteiger partial charge in [0.1, 0.15) is 0 Å². The summed E-state index contributed by atoms with van der Waals surface area (Å²) in [4.78, 5) is 7.18. The van der Waals surface area contributed by atoms with Crippen molar-refractivity contribution in [1.29, 1.82) is 0 Å². The zero-order chi connectivity index (χ0) is 18.4.